The molecule has 1 heterocycles. The minimum Gasteiger partial charge on any atom is -0.324 e. The van der Waals surface area contributed by atoms with Gasteiger partial charge in [0, 0.05) is 12.7 Å². The highest BCUT2D eigenvalue weighted by molar-refractivity contribution is 6.06. The summed E-state index contributed by atoms with van der Waals surface area (Å²) in [5, 5.41) is 2.86. The third kappa shape index (κ3) is 3.10. The molecule has 1 fully saturated rings. The first-order valence-electron chi connectivity index (χ1n) is 7.44. The second-order valence-corrected chi connectivity index (χ2v) is 5.33. The van der Waals surface area contributed by atoms with E-state index in [9.17, 15) is 14.4 Å². The van der Waals surface area contributed by atoms with Gasteiger partial charge in [0.1, 0.15) is 13.1 Å². The fourth-order valence-corrected chi connectivity index (χ4v) is 2.55. The molecule has 6 heteroatoms. The lowest BCUT2D eigenvalue weighted by Crippen LogP contribution is -2.38. The average Bonchev–Trinajstić information content (AvgIpc) is 2.74. The van der Waals surface area contributed by atoms with Crippen LogP contribution < -0.4 is 5.32 Å². The highest BCUT2D eigenvalue weighted by atomic mass is 16.2. The Balaban J connectivity index is 2.13. The molecule has 0 bridgehead atoms. The van der Waals surface area contributed by atoms with Gasteiger partial charge in [-0.25, -0.2) is 4.79 Å². The normalized spacial score (nSPS) is 14.7. The number of urea groups is 1. The second kappa shape index (κ2) is 6.60. The lowest BCUT2D eigenvalue weighted by molar-refractivity contribution is -0.129. The average molecular weight is 303 g/mol. The van der Waals surface area contributed by atoms with Crippen LogP contribution in [0.2, 0.25) is 0 Å². The first kappa shape index (κ1) is 16.0. The molecule has 1 aliphatic heterocycles. The highest BCUT2D eigenvalue weighted by Crippen LogP contribution is 2.22. The summed E-state index contributed by atoms with van der Waals surface area (Å²) in [4.78, 5) is 38.0. The monoisotopic (exact) mass is 303 g/mol. The molecule has 0 atom stereocenters. The van der Waals surface area contributed by atoms with E-state index in [1.54, 1.807) is 7.05 Å². The molecule has 22 heavy (non-hydrogen) atoms. The Morgan fingerprint density at radius 1 is 1.18 bits per heavy atom. The maximum absolute atomic E-state index is 12.2. The van der Waals surface area contributed by atoms with Gasteiger partial charge in [0.05, 0.1) is 0 Å². The number of hydrogen-bond acceptors (Lipinski definition) is 3. The van der Waals surface area contributed by atoms with Crippen LogP contribution in [0, 0.1) is 0 Å². The summed E-state index contributed by atoms with van der Waals surface area (Å²) in [6.07, 6.45) is 1.60. The number of imide groups is 1. The molecule has 0 aromatic heterocycles. The molecular weight excluding hydrogens is 282 g/mol. The van der Waals surface area contributed by atoms with E-state index < -0.39 is 6.03 Å². The number of carbonyl (C=O) groups is 3. The maximum Gasteiger partial charge on any atom is 0.327 e. The Bertz CT molecular complexity index is 590. The third-order valence-corrected chi connectivity index (χ3v) is 3.80. The van der Waals surface area contributed by atoms with Gasteiger partial charge < -0.3 is 10.2 Å². The van der Waals surface area contributed by atoms with E-state index in [0.717, 1.165) is 34.6 Å². The summed E-state index contributed by atoms with van der Waals surface area (Å²) >= 11 is 0. The molecule has 0 radical (unpaired) electrons. The van der Waals surface area contributed by atoms with Crippen LogP contribution in [0.3, 0.4) is 0 Å². The topological polar surface area (TPSA) is 69.7 Å². The third-order valence-electron chi connectivity index (χ3n) is 3.80. The van der Waals surface area contributed by atoms with Gasteiger partial charge in [-0.2, -0.15) is 0 Å². The van der Waals surface area contributed by atoms with Crippen molar-refractivity contribution in [3.63, 3.8) is 0 Å². The molecule has 0 saturated carbocycles. The molecule has 0 aliphatic carbocycles. The van der Waals surface area contributed by atoms with Crippen LogP contribution in [-0.2, 0) is 22.4 Å². The van der Waals surface area contributed by atoms with Gasteiger partial charge in [-0.05, 0) is 24.0 Å². The van der Waals surface area contributed by atoms with Gasteiger partial charge in [-0.15, -0.1) is 0 Å². The predicted molar refractivity (Wildman–Crippen MR) is 83.6 cm³/mol. The number of anilines is 1. The van der Waals surface area contributed by atoms with Gasteiger partial charge in [-0.3, -0.25) is 14.5 Å². The van der Waals surface area contributed by atoms with Crippen LogP contribution in [0.15, 0.2) is 18.2 Å². The standard InChI is InChI=1S/C16H21N3O3/c1-4-11-7-6-8-12(5-2)15(11)17-13(20)9-19-14(21)10-18(3)16(19)22/h6-8H,4-5,9-10H2,1-3H3,(H,17,20). The number of aryl methyl sites for hydroxylation is 2. The Morgan fingerprint density at radius 2 is 1.77 bits per heavy atom. The maximum atomic E-state index is 12.2. The van der Waals surface area contributed by atoms with Crippen molar-refractivity contribution in [2.75, 3.05) is 25.5 Å². The van der Waals surface area contributed by atoms with Crippen LogP contribution in [0.25, 0.3) is 0 Å². The quantitative estimate of drug-likeness (QED) is 0.841. The largest absolute Gasteiger partial charge is 0.327 e. The Labute approximate surface area is 130 Å². The first-order chi connectivity index (χ1) is 10.5. The van der Waals surface area contributed by atoms with E-state index in [0.29, 0.717) is 0 Å². The number of nitrogens with zero attached hydrogens (tertiary/aromatic N) is 2. The van der Waals surface area contributed by atoms with Gasteiger partial charge in [0.25, 0.3) is 5.91 Å². The summed E-state index contributed by atoms with van der Waals surface area (Å²) in [5.41, 5.74) is 2.89. The molecule has 118 valence electrons. The van der Waals surface area contributed by atoms with Crippen LogP contribution >= 0.6 is 0 Å². The summed E-state index contributed by atoms with van der Waals surface area (Å²) in [5.74, 6) is -0.699. The van der Waals surface area contributed by atoms with Crippen molar-refractivity contribution >= 4 is 23.5 Å². The lowest BCUT2D eigenvalue weighted by Gasteiger charge is -2.17. The van der Waals surface area contributed by atoms with Crippen LogP contribution in [0.1, 0.15) is 25.0 Å². The van der Waals surface area contributed by atoms with E-state index >= 15 is 0 Å². The van der Waals surface area contributed by atoms with E-state index in [1.165, 1.54) is 4.90 Å². The fraction of sp³-hybridized carbons (Fsp3) is 0.438. The Morgan fingerprint density at radius 3 is 2.23 bits per heavy atom. The van der Waals surface area contributed by atoms with Gasteiger partial charge in [-0.1, -0.05) is 32.0 Å². The summed E-state index contributed by atoms with van der Waals surface area (Å²) in [6, 6.07) is 5.47. The number of nitrogens with one attached hydrogen (secondary N) is 1. The number of hydrogen-bond donors (Lipinski definition) is 1. The van der Waals surface area contributed by atoms with Gasteiger partial charge >= 0.3 is 6.03 Å². The zero-order valence-electron chi connectivity index (χ0n) is 13.2. The van der Waals surface area contributed by atoms with E-state index in [-0.39, 0.29) is 24.9 Å². The van der Waals surface area contributed by atoms with Crippen LogP contribution in [0.5, 0.6) is 0 Å². The summed E-state index contributed by atoms with van der Waals surface area (Å²) in [6.45, 7) is 3.82. The Kier molecular flexibility index (Phi) is 4.80. The molecule has 0 unspecified atom stereocenters. The molecule has 1 aliphatic rings. The molecule has 1 N–H and O–H groups in total. The van der Waals surface area contributed by atoms with Crippen molar-refractivity contribution < 1.29 is 14.4 Å². The molecule has 2 rings (SSSR count). The predicted octanol–water partition coefficient (Wildman–Crippen LogP) is 1.64. The minimum absolute atomic E-state index is 0.0257. The minimum atomic E-state index is -0.431. The van der Waals surface area contributed by atoms with E-state index in [1.807, 2.05) is 32.0 Å². The van der Waals surface area contributed by atoms with Crippen molar-refractivity contribution in [1.82, 2.24) is 9.80 Å². The highest BCUT2D eigenvalue weighted by Gasteiger charge is 2.34. The summed E-state index contributed by atoms with van der Waals surface area (Å²) < 4.78 is 0. The van der Waals surface area contributed by atoms with Crippen molar-refractivity contribution in [3.8, 4) is 0 Å². The lowest BCUT2D eigenvalue weighted by atomic mass is 10.0. The molecule has 1 saturated heterocycles. The first-order valence-corrected chi connectivity index (χ1v) is 7.44. The number of rotatable bonds is 5. The number of likely N-dealkylation sites (N-methyl/N-ethyl adjacent to an activating group) is 1. The van der Waals surface area contributed by atoms with E-state index in [2.05, 4.69) is 5.32 Å². The van der Waals surface area contributed by atoms with Crippen molar-refractivity contribution in [2.24, 2.45) is 0 Å². The second-order valence-electron chi connectivity index (χ2n) is 5.33. The summed E-state index contributed by atoms with van der Waals surface area (Å²) in [7, 11) is 1.54. The van der Waals surface area contributed by atoms with Gasteiger partial charge in [0.2, 0.25) is 5.91 Å². The Hall–Kier alpha value is -2.37. The molecular formula is C16H21N3O3. The van der Waals surface area contributed by atoms with Crippen LogP contribution in [-0.4, -0.2) is 47.8 Å². The number of benzene rings is 1. The number of amides is 4. The molecule has 4 amide bonds. The SMILES string of the molecule is CCc1cccc(CC)c1NC(=O)CN1C(=O)CN(C)C1=O. The molecule has 0 spiro atoms. The smallest absolute Gasteiger partial charge is 0.324 e. The van der Waals surface area contributed by atoms with Crippen molar-refractivity contribution in [1.29, 1.82) is 0 Å². The number of carbonyl (C=O) groups excluding carboxylic acids is 3. The molecule has 1 aromatic carbocycles. The van der Waals surface area contributed by atoms with Crippen molar-refractivity contribution in [2.45, 2.75) is 26.7 Å². The molecule has 1 aromatic rings. The van der Waals surface area contributed by atoms with Gasteiger partial charge in [0.15, 0.2) is 0 Å². The zero-order valence-corrected chi connectivity index (χ0v) is 13.2. The molecule has 6 nitrogen and oxygen atoms in total. The van der Waals surface area contributed by atoms with Crippen molar-refractivity contribution in [3.05, 3.63) is 29.3 Å². The van der Waals surface area contributed by atoms with Crippen LogP contribution in [0.4, 0.5) is 10.5 Å². The zero-order chi connectivity index (χ0) is 16.3. The number of para-hydroxylation sites is 1. The van der Waals surface area contributed by atoms with E-state index in [4.69, 9.17) is 0 Å². The fourth-order valence-electron chi connectivity index (χ4n) is 2.55.